The highest BCUT2D eigenvalue weighted by Gasteiger charge is 2.55. The van der Waals surface area contributed by atoms with Gasteiger partial charge in [-0.15, -0.1) is 0 Å². The molecule has 1 aromatic rings. The first-order valence-corrected chi connectivity index (χ1v) is 6.02. The van der Waals surface area contributed by atoms with Gasteiger partial charge in [0.1, 0.15) is 0 Å². The fraction of sp³-hybridized carbons (Fsp3) is 0.250. The summed E-state index contributed by atoms with van der Waals surface area (Å²) < 4.78 is 51.2. The fourth-order valence-corrected chi connectivity index (χ4v) is 1.90. The molecular weight excluding hydrogens is 364 g/mol. The molecule has 0 amide bonds. The molecule has 1 rings (SSSR count). The van der Waals surface area contributed by atoms with Crippen molar-refractivity contribution in [3.63, 3.8) is 0 Å². The Morgan fingerprint density at radius 1 is 1.00 bits per heavy atom. The Balaban J connectivity index is 2.82. The van der Waals surface area contributed by atoms with Crippen molar-refractivity contribution in [3.05, 3.63) is 28.7 Å². The van der Waals surface area contributed by atoms with Gasteiger partial charge in [-0.1, -0.05) is 15.9 Å². The molecule has 1 aromatic carbocycles. The highest BCUT2D eigenvalue weighted by atomic mass is 79.9. The Kier molecular flexibility index (Phi) is 4.11. The highest BCUT2D eigenvalue weighted by molar-refractivity contribution is 9.10. The van der Waals surface area contributed by atoms with Gasteiger partial charge in [-0.3, -0.25) is 0 Å². The molecule has 0 heterocycles. The molecule has 7 heteroatoms. The van der Waals surface area contributed by atoms with Crippen LogP contribution in [-0.4, -0.2) is 10.1 Å². The van der Waals surface area contributed by atoms with Crippen LogP contribution in [0.4, 0.5) is 17.6 Å². The van der Waals surface area contributed by atoms with Crippen LogP contribution in [0.2, 0.25) is 0 Å². The van der Waals surface area contributed by atoms with Crippen LogP contribution in [0.25, 0.3) is 0 Å². The van der Waals surface area contributed by atoms with Crippen molar-refractivity contribution < 1.29 is 17.6 Å². The summed E-state index contributed by atoms with van der Waals surface area (Å²) in [6.45, 7) is 0. The van der Waals surface area contributed by atoms with Gasteiger partial charge in [0.2, 0.25) is 0 Å². The summed E-state index contributed by atoms with van der Waals surface area (Å²) in [5.74, 6) is 0. The maximum absolute atomic E-state index is 12.9. The number of hydrogen-bond acceptors (Lipinski definition) is 1. The van der Waals surface area contributed by atoms with Crippen molar-refractivity contribution in [2.45, 2.75) is 15.0 Å². The van der Waals surface area contributed by atoms with Crippen LogP contribution in [-0.2, 0) is 0 Å². The van der Waals surface area contributed by atoms with Crippen LogP contribution >= 0.6 is 43.6 Å². The molecule has 0 nitrogen and oxygen atoms in total. The minimum atomic E-state index is -4.22. The molecular formula is C8H4Br2F4S. The molecule has 0 N–H and O–H groups in total. The van der Waals surface area contributed by atoms with E-state index >= 15 is 0 Å². The molecule has 0 atom stereocenters. The lowest BCUT2D eigenvalue weighted by atomic mass is 10.4. The molecule has 0 saturated carbocycles. The third-order valence-corrected chi connectivity index (χ3v) is 3.70. The smallest absolute Gasteiger partial charge is 0.186 e. The van der Waals surface area contributed by atoms with Crippen LogP contribution < -0.4 is 0 Å². The first-order valence-electron chi connectivity index (χ1n) is 3.61. The lowest BCUT2D eigenvalue weighted by molar-refractivity contribution is -0.0779. The normalized spacial score (nSPS) is 12.9. The Morgan fingerprint density at radius 3 is 1.87 bits per heavy atom. The van der Waals surface area contributed by atoms with Crippen LogP contribution in [0, 0.1) is 0 Å². The third kappa shape index (κ3) is 3.64. The fourth-order valence-electron chi connectivity index (χ4n) is 0.709. The zero-order valence-electron chi connectivity index (χ0n) is 6.99. The quantitative estimate of drug-likeness (QED) is 0.406. The Bertz CT molecular complexity index is 333. The molecule has 0 aliphatic rings. The van der Waals surface area contributed by atoms with E-state index in [9.17, 15) is 17.6 Å². The Labute approximate surface area is 105 Å². The average Bonchev–Trinajstić information content (AvgIpc) is 2.06. The van der Waals surface area contributed by atoms with Gasteiger partial charge in [-0.2, -0.15) is 17.6 Å². The van der Waals surface area contributed by atoms with Gasteiger partial charge in [-0.05, 0) is 52.0 Å². The Morgan fingerprint density at radius 2 is 1.47 bits per heavy atom. The molecule has 0 radical (unpaired) electrons. The number of benzene rings is 1. The topological polar surface area (TPSA) is 0 Å². The lowest BCUT2D eigenvalue weighted by Gasteiger charge is -2.20. The maximum atomic E-state index is 12.9. The number of rotatable bonds is 3. The van der Waals surface area contributed by atoms with E-state index < -0.39 is 10.1 Å². The maximum Gasteiger partial charge on any atom is 0.373 e. The SMILES string of the molecule is FC(F)(Br)C(F)(F)Sc1ccc(Br)cc1. The second-order valence-electron chi connectivity index (χ2n) is 2.57. The first-order chi connectivity index (χ1) is 6.72. The second kappa shape index (κ2) is 4.63. The monoisotopic (exact) mass is 366 g/mol. The van der Waals surface area contributed by atoms with E-state index in [0.29, 0.717) is 4.47 Å². The molecule has 0 saturated heterocycles. The van der Waals surface area contributed by atoms with Gasteiger partial charge in [0.15, 0.2) is 0 Å². The van der Waals surface area contributed by atoms with Crippen molar-refractivity contribution in [1.82, 2.24) is 0 Å². The molecule has 0 bridgehead atoms. The van der Waals surface area contributed by atoms with Crippen LogP contribution in [0.3, 0.4) is 0 Å². The summed E-state index contributed by atoms with van der Waals surface area (Å²) >= 11 is 4.58. The van der Waals surface area contributed by atoms with E-state index in [1.54, 1.807) is 15.9 Å². The van der Waals surface area contributed by atoms with Gasteiger partial charge in [0.05, 0.1) is 0 Å². The van der Waals surface area contributed by atoms with Crippen LogP contribution in [0.15, 0.2) is 33.6 Å². The third-order valence-electron chi connectivity index (χ3n) is 1.39. The van der Waals surface area contributed by atoms with E-state index in [1.807, 2.05) is 0 Å². The molecule has 0 spiro atoms. The van der Waals surface area contributed by atoms with E-state index in [1.165, 1.54) is 24.3 Å². The summed E-state index contributed by atoms with van der Waals surface area (Å²) in [7, 11) is 0. The van der Waals surface area contributed by atoms with E-state index in [4.69, 9.17) is 0 Å². The number of thioether (sulfide) groups is 1. The number of halogens is 6. The first kappa shape index (κ1) is 13.3. The molecule has 0 fully saturated rings. The van der Waals surface area contributed by atoms with Crippen LogP contribution in [0.5, 0.6) is 0 Å². The number of alkyl halides is 5. The molecule has 84 valence electrons. The molecule has 0 aromatic heterocycles. The largest absolute Gasteiger partial charge is 0.373 e. The van der Waals surface area contributed by atoms with E-state index in [0.717, 1.165) is 0 Å². The van der Waals surface area contributed by atoms with Crippen molar-refractivity contribution in [3.8, 4) is 0 Å². The van der Waals surface area contributed by atoms with Crippen LogP contribution in [0.1, 0.15) is 0 Å². The summed E-state index contributed by atoms with van der Waals surface area (Å²) in [6.07, 6.45) is 0. The summed E-state index contributed by atoms with van der Waals surface area (Å²) in [5.41, 5.74) is 0. The van der Waals surface area contributed by atoms with Gasteiger partial charge in [0, 0.05) is 9.37 Å². The lowest BCUT2D eigenvalue weighted by Crippen LogP contribution is -2.30. The summed E-state index contributed by atoms with van der Waals surface area (Å²) in [4.78, 5) is -4.15. The minimum absolute atomic E-state index is 0.0716. The standard InChI is InChI=1S/C8H4Br2F4S/c9-5-1-3-6(4-2-5)15-8(13,14)7(10,11)12/h1-4H. The summed E-state index contributed by atoms with van der Waals surface area (Å²) in [6, 6.07) is 5.68. The zero-order valence-corrected chi connectivity index (χ0v) is 11.0. The molecule has 0 aliphatic carbocycles. The van der Waals surface area contributed by atoms with Gasteiger partial charge < -0.3 is 0 Å². The molecule has 15 heavy (non-hydrogen) atoms. The second-order valence-corrected chi connectivity index (χ2v) is 5.67. The zero-order chi connectivity index (χ0) is 11.7. The van der Waals surface area contributed by atoms with Crippen molar-refractivity contribution in [1.29, 1.82) is 0 Å². The molecule has 0 unspecified atom stereocenters. The van der Waals surface area contributed by atoms with E-state index in [-0.39, 0.29) is 16.7 Å². The summed E-state index contributed by atoms with van der Waals surface area (Å²) in [5, 5.41) is -4.18. The number of hydrogen-bond donors (Lipinski definition) is 0. The highest BCUT2D eigenvalue weighted by Crippen LogP contribution is 2.49. The van der Waals surface area contributed by atoms with Crippen molar-refractivity contribution in [2.24, 2.45) is 0 Å². The van der Waals surface area contributed by atoms with Gasteiger partial charge in [0.25, 0.3) is 0 Å². The van der Waals surface area contributed by atoms with E-state index in [2.05, 4.69) is 15.9 Å². The predicted octanol–water partition coefficient (Wildman–Crippen LogP) is 5.12. The van der Waals surface area contributed by atoms with Gasteiger partial charge >= 0.3 is 10.1 Å². The van der Waals surface area contributed by atoms with Crippen molar-refractivity contribution in [2.75, 3.05) is 0 Å². The predicted molar refractivity (Wildman–Crippen MR) is 58.8 cm³/mol. The average molecular weight is 368 g/mol. The molecule has 0 aliphatic heterocycles. The Hall–Kier alpha value is 0.250. The van der Waals surface area contributed by atoms with Gasteiger partial charge in [-0.25, -0.2) is 0 Å². The van der Waals surface area contributed by atoms with Crippen molar-refractivity contribution >= 4 is 43.6 Å². The minimum Gasteiger partial charge on any atom is -0.186 e.